The Kier molecular flexibility index (Phi) is 9.05. The van der Waals surface area contributed by atoms with Crippen LogP contribution in [0.4, 0.5) is 11.4 Å². The molecule has 0 bridgehead atoms. The molecule has 0 aromatic heterocycles. The minimum Gasteiger partial charge on any atom is -0.372 e. The SMILES string of the molecule is CCN(CC)c1ccc(CNC(=O)CN(c2cc(Cl)cc(Cl)c2)S(=O)(=O)c2ccc(C)cc2)cc1. The monoisotopic (exact) mass is 533 g/mol. The van der Waals surface area contributed by atoms with E-state index in [1.165, 1.54) is 30.3 Å². The average molecular weight is 535 g/mol. The van der Waals surface area contributed by atoms with Crippen molar-refractivity contribution in [3.05, 3.63) is 87.9 Å². The van der Waals surface area contributed by atoms with Gasteiger partial charge in [-0.1, -0.05) is 53.0 Å². The largest absolute Gasteiger partial charge is 0.372 e. The van der Waals surface area contributed by atoms with Crippen LogP contribution in [0.15, 0.2) is 71.6 Å². The van der Waals surface area contributed by atoms with Crippen LogP contribution in [0.25, 0.3) is 0 Å². The number of carbonyl (C=O) groups is 1. The number of rotatable bonds is 10. The first-order valence-electron chi connectivity index (χ1n) is 11.3. The molecule has 0 radical (unpaired) electrons. The van der Waals surface area contributed by atoms with Crippen LogP contribution in [0.2, 0.25) is 10.0 Å². The van der Waals surface area contributed by atoms with Crippen molar-refractivity contribution in [2.45, 2.75) is 32.2 Å². The third-order valence-corrected chi connectivity index (χ3v) is 7.81. The lowest BCUT2D eigenvalue weighted by Crippen LogP contribution is -2.40. The highest BCUT2D eigenvalue weighted by molar-refractivity contribution is 7.92. The normalized spacial score (nSPS) is 11.2. The number of sulfonamides is 1. The standard InChI is InChI=1S/C26H29Cl2N3O3S/c1-4-30(5-2)23-10-8-20(9-11-23)17-29-26(32)18-31(24-15-21(27)14-22(28)16-24)35(33,34)25-12-6-19(3)7-13-25/h6-16H,4-5,17-18H2,1-3H3,(H,29,32). The summed E-state index contributed by atoms with van der Waals surface area (Å²) < 4.78 is 28.0. The Hall–Kier alpha value is -2.74. The molecule has 0 saturated carbocycles. The molecular weight excluding hydrogens is 505 g/mol. The van der Waals surface area contributed by atoms with Gasteiger partial charge in [0.1, 0.15) is 6.54 Å². The maximum atomic E-state index is 13.5. The van der Waals surface area contributed by atoms with E-state index in [1.807, 2.05) is 31.2 Å². The van der Waals surface area contributed by atoms with E-state index >= 15 is 0 Å². The number of anilines is 2. The van der Waals surface area contributed by atoms with Crippen molar-refractivity contribution in [1.82, 2.24) is 5.32 Å². The number of hydrogen-bond acceptors (Lipinski definition) is 4. The van der Waals surface area contributed by atoms with Crippen molar-refractivity contribution in [2.24, 2.45) is 0 Å². The van der Waals surface area contributed by atoms with Gasteiger partial charge in [0.2, 0.25) is 5.91 Å². The van der Waals surface area contributed by atoms with E-state index < -0.39 is 22.5 Å². The molecular formula is C26H29Cl2N3O3S. The zero-order valence-corrected chi connectivity index (χ0v) is 22.3. The molecule has 1 N–H and O–H groups in total. The van der Waals surface area contributed by atoms with Gasteiger partial charge in [-0.2, -0.15) is 0 Å². The molecule has 0 aliphatic heterocycles. The average Bonchev–Trinajstić information content (AvgIpc) is 2.82. The molecule has 3 aromatic carbocycles. The van der Waals surface area contributed by atoms with Crippen LogP contribution < -0.4 is 14.5 Å². The van der Waals surface area contributed by atoms with Gasteiger partial charge in [0.25, 0.3) is 10.0 Å². The zero-order valence-electron chi connectivity index (χ0n) is 20.0. The van der Waals surface area contributed by atoms with E-state index in [4.69, 9.17) is 23.2 Å². The van der Waals surface area contributed by atoms with E-state index in [-0.39, 0.29) is 27.2 Å². The van der Waals surface area contributed by atoms with Crippen molar-refractivity contribution >= 4 is 50.5 Å². The Morgan fingerprint density at radius 2 is 1.43 bits per heavy atom. The van der Waals surface area contributed by atoms with Crippen molar-refractivity contribution < 1.29 is 13.2 Å². The highest BCUT2D eigenvalue weighted by Crippen LogP contribution is 2.29. The molecule has 0 fully saturated rings. The molecule has 0 spiro atoms. The summed E-state index contributed by atoms with van der Waals surface area (Å²) in [5.74, 6) is -0.454. The number of nitrogens with zero attached hydrogens (tertiary/aromatic N) is 2. The van der Waals surface area contributed by atoms with Gasteiger partial charge in [-0.05, 0) is 68.8 Å². The fraction of sp³-hybridized carbons (Fsp3) is 0.269. The van der Waals surface area contributed by atoms with Crippen LogP contribution >= 0.6 is 23.2 Å². The van der Waals surface area contributed by atoms with Gasteiger partial charge >= 0.3 is 0 Å². The fourth-order valence-corrected chi connectivity index (χ4v) is 5.56. The predicted octanol–water partition coefficient (Wildman–Crippen LogP) is 5.66. The van der Waals surface area contributed by atoms with Crippen LogP contribution in [0.3, 0.4) is 0 Å². The van der Waals surface area contributed by atoms with Gasteiger partial charge in [0.05, 0.1) is 10.6 Å². The molecule has 0 atom stereocenters. The molecule has 9 heteroatoms. The van der Waals surface area contributed by atoms with Crippen molar-refractivity contribution in [3.63, 3.8) is 0 Å². The van der Waals surface area contributed by atoms with Gasteiger partial charge in [0, 0.05) is 35.4 Å². The zero-order chi connectivity index (χ0) is 25.6. The van der Waals surface area contributed by atoms with Crippen molar-refractivity contribution in [3.8, 4) is 0 Å². The summed E-state index contributed by atoms with van der Waals surface area (Å²) in [7, 11) is -4.05. The molecule has 0 aliphatic carbocycles. The molecule has 1 amide bonds. The lowest BCUT2D eigenvalue weighted by Gasteiger charge is -2.24. The first-order valence-corrected chi connectivity index (χ1v) is 13.5. The smallest absolute Gasteiger partial charge is 0.264 e. The van der Waals surface area contributed by atoms with E-state index in [9.17, 15) is 13.2 Å². The summed E-state index contributed by atoms with van der Waals surface area (Å²) in [5, 5.41) is 3.35. The van der Waals surface area contributed by atoms with Gasteiger partial charge < -0.3 is 10.2 Å². The van der Waals surface area contributed by atoms with E-state index in [1.54, 1.807) is 12.1 Å². The van der Waals surface area contributed by atoms with Gasteiger partial charge in [-0.25, -0.2) is 8.42 Å². The highest BCUT2D eigenvalue weighted by atomic mass is 35.5. The lowest BCUT2D eigenvalue weighted by molar-refractivity contribution is -0.119. The molecule has 3 aromatic rings. The second kappa shape index (κ2) is 11.8. The van der Waals surface area contributed by atoms with Crippen molar-refractivity contribution in [2.75, 3.05) is 28.8 Å². The minimum absolute atomic E-state index is 0.0685. The number of halogens is 2. The van der Waals surface area contributed by atoms with E-state index in [2.05, 4.69) is 24.1 Å². The number of benzene rings is 3. The Labute approximate surface area is 217 Å². The van der Waals surface area contributed by atoms with Crippen LogP contribution in [0.1, 0.15) is 25.0 Å². The number of hydrogen-bond donors (Lipinski definition) is 1. The van der Waals surface area contributed by atoms with Gasteiger partial charge in [0.15, 0.2) is 0 Å². The second-order valence-electron chi connectivity index (χ2n) is 8.07. The van der Waals surface area contributed by atoms with Crippen LogP contribution in [0.5, 0.6) is 0 Å². The quantitative estimate of drug-likeness (QED) is 0.365. The fourth-order valence-electron chi connectivity index (χ4n) is 3.64. The summed E-state index contributed by atoms with van der Waals surface area (Å²) in [6, 6.07) is 18.8. The highest BCUT2D eigenvalue weighted by Gasteiger charge is 2.27. The topological polar surface area (TPSA) is 69.7 Å². The van der Waals surface area contributed by atoms with Gasteiger partial charge in [-0.3, -0.25) is 9.10 Å². The second-order valence-corrected chi connectivity index (χ2v) is 10.8. The minimum atomic E-state index is -4.05. The summed E-state index contributed by atoms with van der Waals surface area (Å²) >= 11 is 12.3. The Bertz CT molecular complexity index is 1240. The third kappa shape index (κ3) is 6.90. The van der Waals surface area contributed by atoms with Crippen LogP contribution in [0, 0.1) is 6.92 Å². The van der Waals surface area contributed by atoms with E-state index in [0.29, 0.717) is 0 Å². The summed E-state index contributed by atoms with van der Waals surface area (Å²) in [6.45, 7) is 7.72. The Morgan fingerprint density at radius 1 is 0.857 bits per heavy atom. The molecule has 35 heavy (non-hydrogen) atoms. The molecule has 0 heterocycles. The molecule has 0 saturated heterocycles. The maximum absolute atomic E-state index is 13.5. The van der Waals surface area contributed by atoms with Crippen molar-refractivity contribution in [1.29, 1.82) is 0 Å². The van der Waals surface area contributed by atoms with Crippen LogP contribution in [-0.2, 0) is 21.4 Å². The summed E-state index contributed by atoms with van der Waals surface area (Å²) in [4.78, 5) is 15.2. The summed E-state index contributed by atoms with van der Waals surface area (Å²) in [6.07, 6.45) is 0. The maximum Gasteiger partial charge on any atom is 0.264 e. The molecule has 0 unspecified atom stereocenters. The Balaban J connectivity index is 1.81. The third-order valence-electron chi connectivity index (χ3n) is 5.59. The molecule has 6 nitrogen and oxygen atoms in total. The number of carbonyl (C=O) groups excluding carboxylic acids is 1. The van der Waals surface area contributed by atoms with E-state index in [0.717, 1.165) is 34.2 Å². The number of amides is 1. The van der Waals surface area contributed by atoms with Crippen LogP contribution in [-0.4, -0.2) is 34.0 Å². The first kappa shape index (κ1) is 26.9. The molecule has 186 valence electrons. The predicted molar refractivity (Wildman–Crippen MR) is 144 cm³/mol. The number of nitrogens with one attached hydrogen (secondary N) is 1. The number of aryl methyl sites for hydroxylation is 1. The molecule has 3 rings (SSSR count). The molecule has 0 aliphatic rings. The summed E-state index contributed by atoms with van der Waals surface area (Å²) in [5.41, 5.74) is 3.15. The van der Waals surface area contributed by atoms with Gasteiger partial charge in [-0.15, -0.1) is 0 Å². The Morgan fingerprint density at radius 3 is 1.97 bits per heavy atom. The first-order chi connectivity index (χ1) is 16.6. The lowest BCUT2D eigenvalue weighted by atomic mass is 10.2.